The molecule has 0 amide bonds. The molecule has 1 aromatic heterocycles. The fourth-order valence-corrected chi connectivity index (χ4v) is 3.08. The van der Waals surface area contributed by atoms with Crippen molar-refractivity contribution in [3.05, 3.63) is 17.5 Å². The summed E-state index contributed by atoms with van der Waals surface area (Å²) in [5.41, 5.74) is 1.57. The Morgan fingerprint density at radius 1 is 1.43 bits per heavy atom. The second-order valence-electron chi connectivity index (χ2n) is 6.92. The zero-order valence-electron chi connectivity index (χ0n) is 13.6. The Hall–Kier alpha value is -1.65. The van der Waals surface area contributed by atoms with Crippen molar-refractivity contribution in [1.29, 1.82) is 0 Å². The highest BCUT2D eigenvalue weighted by molar-refractivity contribution is 5.78. The van der Waals surface area contributed by atoms with Gasteiger partial charge in [0.05, 0.1) is 0 Å². The lowest BCUT2D eigenvalue weighted by Crippen LogP contribution is -2.55. The van der Waals surface area contributed by atoms with Gasteiger partial charge in [0, 0.05) is 17.9 Å². The molecule has 1 atom stereocenters. The molecule has 0 bridgehead atoms. The van der Waals surface area contributed by atoms with E-state index in [4.69, 9.17) is 0 Å². The van der Waals surface area contributed by atoms with Crippen LogP contribution in [0, 0.1) is 12.3 Å². The van der Waals surface area contributed by atoms with Crippen LogP contribution in [0.3, 0.4) is 0 Å². The van der Waals surface area contributed by atoms with Gasteiger partial charge in [0.25, 0.3) is 0 Å². The lowest BCUT2D eigenvalue weighted by molar-refractivity contribution is -0.142. The lowest BCUT2D eigenvalue weighted by Gasteiger charge is -2.44. The molecule has 2 rings (SSSR count). The van der Waals surface area contributed by atoms with Crippen LogP contribution in [-0.2, 0) is 4.79 Å². The van der Waals surface area contributed by atoms with Crippen molar-refractivity contribution in [3.8, 4) is 0 Å². The number of carboxylic acid groups (broad SMARTS) is 1. The molecule has 21 heavy (non-hydrogen) atoms. The molecule has 5 nitrogen and oxygen atoms in total. The Morgan fingerprint density at radius 2 is 2.10 bits per heavy atom. The summed E-state index contributed by atoms with van der Waals surface area (Å²) < 4.78 is 0. The molecule has 5 heteroatoms. The van der Waals surface area contributed by atoms with Crippen molar-refractivity contribution in [2.75, 3.05) is 11.4 Å². The van der Waals surface area contributed by atoms with Gasteiger partial charge in [0.2, 0.25) is 5.95 Å². The monoisotopic (exact) mass is 291 g/mol. The number of aryl methyl sites for hydroxylation is 1. The maximum atomic E-state index is 11.8. The van der Waals surface area contributed by atoms with E-state index in [0.717, 1.165) is 24.2 Å². The molecule has 1 aromatic rings. The largest absolute Gasteiger partial charge is 0.480 e. The number of hydrogen-bond donors (Lipinski definition) is 1. The number of nitrogens with zero attached hydrogens (tertiary/aromatic N) is 3. The first-order valence-electron chi connectivity index (χ1n) is 7.57. The van der Waals surface area contributed by atoms with Crippen molar-refractivity contribution in [2.24, 2.45) is 5.41 Å². The smallest absolute Gasteiger partial charge is 0.326 e. The standard InChI is InChI=1S/C16H25N3O2/c1-10(2)12-9-11(3)17-15(18-12)19-8-6-7-16(4,5)13(19)14(20)21/h9-10,13H,6-8H2,1-5H3,(H,20,21). The minimum Gasteiger partial charge on any atom is -0.480 e. The molecule has 1 unspecified atom stereocenters. The third-order valence-electron chi connectivity index (χ3n) is 4.22. The molecule has 1 aliphatic rings. The fraction of sp³-hybridized carbons (Fsp3) is 0.688. The van der Waals surface area contributed by atoms with E-state index in [-0.39, 0.29) is 5.41 Å². The summed E-state index contributed by atoms with van der Waals surface area (Å²) in [6.45, 7) is 10.8. The highest BCUT2D eigenvalue weighted by atomic mass is 16.4. The number of piperidine rings is 1. The van der Waals surface area contributed by atoms with Crippen LogP contribution in [-0.4, -0.2) is 33.6 Å². The summed E-state index contributed by atoms with van der Waals surface area (Å²) in [4.78, 5) is 22.7. The van der Waals surface area contributed by atoms with E-state index in [1.54, 1.807) is 0 Å². The normalized spacial score (nSPS) is 21.6. The Labute approximate surface area is 126 Å². The van der Waals surface area contributed by atoms with Gasteiger partial charge in [-0.3, -0.25) is 0 Å². The van der Waals surface area contributed by atoms with E-state index in [1.165, 1.54) is 0 Å². The van der Waals surface area contributed by atoms with Gasteiger partial charge in [-0.25, -0.2) is 14.8 Å². The third kappa shape index (κ3) is 3.17. The van der Waals surface area contributed by atoms with Crippen LogP contribution in [0.2, 0.25) is 0 Å². The second-order valence-corrected chi connectivity index (χ2v) is 6.92. The van der Waals surface area contributed by atoms with Crippen molar-refractivity contribution in [1.82, 2.24) is 9.97 Å². The summed E-state index contributed by atoms with van der Waals surface area (Å²) >= 11 is 0. The van der Waals surface area contributed by atoms with E-state index >= 15 is 0 Å². The van der Waals surface area contributed by atoms with Gasteiger partial charge >= 0.3 is 5.97 Å². The van der Waals surface area contributed by atoms with Crippen molar-refractivity contribution in [2.45, 2.75) is 59.4 Å². The number of rotatable bonds is 3. The first-order chi connectivity index (χ1) is 9.72. The van der Waals surface area contributed by atoms with Crippen LogP contribution in [0.25, 0.3) is 0 Å². The number of hydrogen-bond acceptors (Lipinski definition) is 4. The van der Waals surface area contributed by atoms with Crippen molar-refractivity contribution in [3.63, 3.8) is 0 Å². The summed E-state index contributed by atoms with van der Waals surface area (Å²) in [6, 6.07) is 1.40. The van der Waals surface area contributed by atoms with Gasteiger partial charge in [-0.1, -0.05) is 27.7 Å². The van der Waals surface area contributed by atoms with E-state index in [2.05, 4.69) is 23.8 Å². The number of carbonyl (C=O) groups is 1. The van der Waals surface area contributed by atoms with E-state index in [9.17, 15) is 9.90 Å². The molecule has 0 aromatic carbocycles. The quantitative estimate of drug-likeness (QED) is 0.927. The molecule has 1 fully saturated rings. The topological polar surface area (TPSA) is 66.3 Å². The molecular weight excluding hydrogens is 266 g/mol. The zero-order valence-corrected chi connectivity index (χ0v) is 13.6. The highest BCUT2D eigenvalue weighted by Crippen LogP contribution is 2.37. The lowest BCUT2D eigenvalue weighted by atomic mass is 9.76. The Morgan fingerprint density at radius 3 is 2.67 bits per heavy atom. The minimum absolute atomic E-state index is 0.283. The highest BCUT2D eigenvalue weighted by Gasteiger charge is 2.43. The van der Waals surface area contributed by atoms with Crippen LogP contribution >= 0.6 is 0 Å². The predicted molar refractivity (Wildman–Crippen MR) is 82.6 cm³/mol. The van der Waals surface area contributed by atoms with Crippen LogP contribution < -0.4 is 4.90 Å². The minimum atomic E-state index is -0.795. The fourth-order valence-electron chi connectivity index (χ4n) is 3.08. The molecule has 0 radical (unpaired) electrons. The third-order valence-corrected chi connectivity index (χ3v) is 4.22. The van der Waals surface area contributed by atoms with Gasteiger partial charge in [0.15, 0.2) is 0 Å². The van der Waals surface area contributed by atoms with Gasteiger partial charge < -0.3 is 10.0 Å². The molecule has 1 saturated heterocycles. The van der Waals surface area contributed by atoms with Crippen molar-refractivity contribution >= 4 is 11.9 Å². The second kappa shape index (κ2) is 5.62. The summed E-state index contributed by atoms with van der Waals surface area (Å²) in [5, 5.41) is 9.66. The molecule has 2 heterocycles. The number of aliphatic carboxylic acids is 1. The van der Waals surface area contributed by atoms with E-state index in [1.807, 2.05) is 31.7 Å². The predicted octanol–water partition coefficient (Wildman–Crippen LogP) is 2.99. The van der Waals surface area contributed by atoms with Crippen LogP contribution in [0.4, 0.5) is 5.95 Å². The number of aromatic nitrogens is 2. The average molecular weight is 291 g/mol. The van der Waals surface area contributed by atoms with E-state index < -0.39 is 12.0 Å². The first kappa shape index (κ1) is 15.7. The average Bonchev–Trinajstić information content (AvgIpc) is 2.35. The van der Waals surface area contributed by atoms with Gasteiger partial charge in [0.1, 0.15) is 6.04 Å². The Kier molecular flexibility index (Phi) is 4.21. The molecule has 0 spiro atoms. The summed E-state index contributed by atoms with van der Waals surface area (Å²) in [7, 11) is 0. The van der Waals surface area contributed by atoms with Crippen molar-refractivity contribution < 1.29 is 9.90 Å². The van der Waals surface area contributed by atoms with E-state index in [0.29, 0.717) is 18.4 Å². The van der Waals surface area contributed by atoms with Gasteiger partial charge in [-0.05, 0) is 37.2 Å². The van der Waals surface area contributed by atoms with Crippen LogP contribution in [0.5, 0.6) is 0 Å². The molecule has 0 saturated carbocycles. The Balaban J connectivity index is 2.45. The first-order valence-corrected chi connectivity index (χ1v) is 7.57. The Bertz CT molecular complexity index is 540. The van der Waals surface area contributed by atoms with Crippen LogP contribution in [0.15, 0.2) is 6.07 Å². The SMILES string of the molecule is Cc1cc(C(C)C)nc(N2CCCC(C)(C)C2C(=O)O)n1. The van der Waals surface area contributed by atoms with Gasteiger partial charge in [-0.15, -0.1) is 0 Å². The molecule has 1 N–H and O–H groups in total. The maximum absolute atomic E-state index is 11.8. The summed E-state index contributed by atoms with van der Waals surface area (Å²) in [6.07, 6.45) is 1.87. The molecule has 1 aliphatic heterocycles. The number of anilines is 1. The maximum Gasteiger partial charge on any atom is 0.326 e. The zero-order chi connectivity index (χ0) is 15.8. The van der Waals surface area contributed by atoms with Crippen LogP contribution in [0.1, 0.15) is 57.8 Å². The van der Waals surface area contributed by atoms with Gasteiger partial charge in [-0.2, -0.15) is 0 Å². The molecule has 0 aliphatic carbocycles. The summed E-state index contributed by atoms with van der Waals surface area (Å²) in [5.74, 6) is 0.0568. The number of carboxylic acids is 1. The molecule has 116 valence electrons. The molecular formula is C16H25N3O2.